The van der Waals surface area contributed by atoms with Gasteiger partial charge in [0, 0.05) is 18.3 Å². The first-order valence-corrected chi connectivity index (χ1v) is 10.4. The molecule has 0 radical (unpaired) electrons. The third-order valence-corrected chi connectivity index (χ3v) is 5.39. The summed E-state index contributed by atoms with van der Waals surface area (Å²) in [6, 6.07) is 12.3. The average Bonchev–Trinajstić information content (AvgIpc) is 3.07. The van der Waals surface area contributed by atoms with Gasteiger partial charge >= 0.3 is 0 Å². The van der Waals surface area contributed by atoms with E-state index in [0.29, 0.717) is 23.7 Å². The van der Waals surface area contributed by atoms with E-state index in [1.165, 1.54) is 0 Å². The molecule has 1 aliphatic rings. The molecule has 1 aliphatic heterocycles. The highest BCUT2D eigenvalue weighted by Gasteiger charge is 2.26. The summed E-state index contributed by atoms with van der Waals surface area (Å²) in [5.74, 6) is 0.694. The third kappa shape index (κ3) is 4.16. The molecule has 2 aromatic carbocycles. The van der Waals surface area contributed by atoms with Gasteiger partial charge in [0.15, 0.2) is 11.5 Å². The highest BCUT2D eigenvalue weighted by atomic mass is 32.2. The zero-order chi connectivity index (χ0) is 19.6. The van der Waals surface area contributed by atoms with E-state index in [2.05, 4.69) is 0 Å². The number of carbonyl (C=O) groups is 1. The quantitative estimate of drug-likeness (QED) is 0.758. The Morgan fingerprint density at radius 2 is 1.81 bits per heavy atom. The predicted octanol–water partition coefficient (Wildman–Crippen LogP) is 2.54. The number of hydrogen-bond donors (Lipinski definition) is 0. The van der Waals surface area contributed by atoms with Gasteiger partial charge in [0.2, 0.25) is 22.7 Å². The molecule has 0 aromatic heterocycles. The first-order valence-electron chi connectivity index (χ1n) is 8.54. The zero-order valence-corrected chi connectivity index (χ0v) is 16.3. The van der Waals surface area contributed by atoms with Crippen molar-refractivity contribution < 1.29 is 22.7 Å². The Kier molecular flexibility index (Phi) is 5.27. The maximum Gasteiger partial charge on any atom is 0.247 e. The molecule has 3 rings (SSSR count). The van der Waals surface area contributed by atoms with E-state index in [-0.39, 0.29) is 19.2 Å². The fourth-order valence-corrected chi connectivity index (χ4v) is 3.79. The van der Waals surface area contributed by atoms with Gasteiger partial charge in [0.05, 0.1) is 11.9 Å². The van der Waals surface area contributed by atoms with Crippen LogP contribution in [-0.4, -0.2) is 40.5 Å². The molecule has 0 N–H and O–H groups in total. The number of likely N-dealkylation sites (N-methyl/N-ethyl adjacent to an activating group) is 1. The van der Waals surface area contributed by atoms with Gasteiger partial charge in [0.1, 0.15) is 6.54 Å². The van der Waals surface area contributed by atoms with E-state index in [1.807, 2.05) is 38.1 Å². The van der Waals surface area contributed by atoms with Crippen LogP contribution in [0.15, 0.2) is 42.5 Å². The van der Waals surface area contributed by atoms with Crippen molar-refractivity contribution in [2.75, 3.05) is 35.3 Å². The minimum Gasteiger partial charge on any atom is -0.454 e. The van der Waals surface area contributed by atoms with Gasteiger partial charge in [-0.1, -0.05) is 12.1 Å². The summed E-state index contributed by atoms with van der Waals surface area (Å²) < 4.78 is 36.4. The minimum absolute atomic E-state index is 0.0908. The highest BCUT2D eigenvalue weighted by Crippen LogP contribution is 2.36. The molecule has 1 amide bonds. The van der Waals surface area contributed by atoms with Crippen LogP contribution in [0.5, 0.6) is 11.5 Å². The van der Waals surface area contributed by atoms with Crippen LogP contribution in [0.4, 0.5) is 11.4 Å². The van der Waals surface area contributed by atoms with E-state index < -0.39 is 10.0 Å². The largest absolute Gasteiger partial charge is 0.454 e. The number of nitrogens with zero attached hydrogens (tertiary/aromatic N) is 2. The molecule has 0 saturated carbocycles. The topological polar surface area (TPSA) is 76.2 Å². The number of hydrogen-bond acceptors (Lipinski definition) is 5. The lowest BCUT2D eigenvalue weighted by Crippen LogP contribution is -2.42. The predicted molar refractivity (Wildman–Crippen MR) is 104 cm³/mol. The average molecular weight is 390 g/mol. The Morgan fingerprint density at radius 1 is 1.07 bits per heavy atom. The van der Waals surface area contributed by atoms with Crippen LogP contribution in [0.1, 0.15) is 12.5 Å². The molecule has 1 heterocycles. The van der Waals surface area contributed by atoms with Crippen molar-refractivity contribution in [2.24, 2.45) is 0 Å². The summed E-state index contributed by atoms with van der Waals surface area (Å²) >= 11 is 0. The van der Waals surface area contributed by atoms with Gasteiger partial charge in [0.25, 0.3) is 0 Å². The fourth-order valence-electron chi connectivity index (χ4n) is 2.95. The van der Waals surface area contributed by atoms with Crippen molar-refractivity contribution in [1.82, 2.24) is 0 Å². The summed E-state index contributed by atoms with van der Waals surface area (Å²) in [4.78, 5) is 14.5. The molecule has 0 aliphatic carbocycles. The van der Waals surface area contributed by atoms with Crippen LogP contribution < -0.4 is 18.7 Å². The van der Waals surface area contributed by atoms with Gasteiger partial charge in [-0.05, 0) is 43.7 Å². The first kappa shape index (κ1) is 19.0. The van der Waals surface area contributed by atoms with Crippen LogP contribution in [-0.2, 0) is 14.8 Å². The number of sulfonamides is 1. The number of amides is 1. The summed E-state index contributed by atoms with van der Waals surface area (Å²) in [5.41, 5.74) is 2.12. The van der Waals surface area contributed by atoms with Gasteiger partial charge in [-0.3, -0.25) is 9.10 Å². The summed E-state index contributed by atoms with van der Waals surface area (Å²) in [6.07, 6.45) is 1.08. The van der Waals surface area contributed by atoms with E-state index in [0.717, 1.165) is 21.8 Å². The minimum atomic E-state index is -3.67. The molecule has 0 atom stereocenters. The van der Waals surface area contributed by atoms with Crippen molar-refractivity contribution in [2.45, 2.75) is 13.8 Å². The van der Waals surface area contributed by atoms with Crippen molar-refractivity contribution in [3.8, 4) is 11.5 Å². The summed E-state index contributed by atoms with van der Waals surface area (Å²) in [5, 5.41) is 0. The maximum atomic E-state index is 12.9. The number of rotatable bonds is 6. The lowest BCUT2D eigenvalue weighted by Gasteiger charge is -2.27. The molecule has 27 heavy (non-hydrogen) atoms. The molecule has 7 nitrogen and oxygen atoms in total. The van der Waals surface area contributed by atoms with Crippen molar-refractivity contribution in [1.29, 1.82) is 0 Å². The second-order valence-electron chi connectivity index (χ2n) is 6.28. The van der Waals surface area contributed by atoms with Crippen LogP contribution in [0.2, 0.25) is 0 Å². The first-order chi connectivity index (χ1) is 12.8. The Hall–Kier alpha value is -2.74. The molecule has 0 unspecified atom stereocenters. The Bertz CT molecular complexity index is 958. The number of fused-ring (bicyclic) bond motifs is 1. The molecule has 0 saturated heterocycles. The van der Waals surface area contributed by atoms with Crippen LogP contribution in [0, 0.1) is 6.92 Å². The van der Waals surface area contributed by atoms with E-state index >= 15 is 0 Å². The molecular formula is C19H22N2O5S. The number of anilines is 2. The molecular weight excluding hydrogens is 368 g/mol. The molecule has 0 fully saturated rings. The number of ether oxygens (including phenoxy) is 2. The van der Waals surface area contributed by atoms with Crippen molar-refractivity contribution in [3.05, 3.63) is 48.0 Å². The fraction of sp³-hybridized carbons (Fsp3) is 0.316. The number of benzene rings is 2. The SMILES string of the molecule is CCN(C(=O)CN(c1ccc2c(c1)OCO2)S(C)(=O)=O)c1cccc(C)c1. The monoisotopic (exact) mass is 390 g/mol. The molecule has 0 spiro atoms. The normalized spacial score (nSPS) is 12.7. The second-order valence-corrected chi connectivity index (χ2v) is 8.19. The maximum absolute atomic E-state index is 12.9. The molecule has 2 aromatic rings. The standard InChI is InChI=1S/C19H22N2O5S/c1-4-20(15-7-5-6-14(2)10-15)19(22)12-21(27(3,23)24)16-8-9-17-18(11-16)26-13-25-17/h5-11H,4,12-13H2,1-3H3. The Morgan fingerprint density at radius 3 is 2.48 bits per heavy atom. The highest BCUT2D eigenvalue weighted by molar-refractivity contribution is 7.92. The number of aryl methyl sites for hydroxylation is 1. The molecule has 0 bridgehead atoms. The lowest BCUT2D eigenvalue weighted by atomic mass is 10.2. The number of carbonyl (C=O) groups excluding carboxylic acids is 1. The Balaban J connectivity index is 1.89. The summed E-state index contributed by atoms with van der Waals surface area (Å²) in [6.45, 7) is 4.01. The van der Waals surface area contributed by atoms with Gasteiger partial charge in [-0.15, -0.1) is 0 Å². The van der Waals surface area contributed by atoms with E-state index in [9.17, 15) is 13.2 Å². The smallest absolute Gasteiger partial charge is 0.247 e. The van der Waals surface area contributed by atoms with Crippen LogP contribution >= 0.6 is 0 Å². The summed E-state index contributed by atoms with van der Waals surface area (Å²) in [7, 11) is -3.67. The van der Waals surface area contributed by atoms with Crippen LogP contribution in [0.25, 0.3) is 0 Å². The van der Waals surface area contributed by atoms with Gasteiger partial charge < -0.3 is 14.4 Å². The van der Waals surface area contributed by atoms with Crippen LogP contribution in [0.3, 0.4) is 0 Å². The zero-order valence-electron chi connectivity index (χ0n) is 15.5. The lowest BCUT2D eigenvalue weighted by molar-refractivity contribution is -0.117. The molecule has 8 heteroatoms. The van der Waals surface area contributed by atoms with Gasteiger partial charge in [-0.25, -0.2) is 8.42 Å². The third-order valence-electron chi connectivity index (χ3n) is 4.25. The second kappa shape index (κ2) is 7.48. The van der Waals surface area contributed by atoms with Crippen molar-refractivity contribution >= 4 is 27.3 Å². The van der Waals surface area contributed by atoms with E-state index in [1.54, 1.807) is 23.1 Å². The Labute approximate surface area is 159 Å². The van der Waals surface area contributed by atoms with Gasteiger partial charge in [-0.2, -0.15) is 0 Å². The van der Waals surface area contributed by atoms with E-state index in [4.69, 9.17) is 9.47 Å². The van der Waals surface area contributed by atoms with Crippen molar-refractivity contribution in [3.63, 3.8) is 0 Å². The molecule has 144 valence electrons.